The molecule has 0 aliphatic heterocycles. The summed E-state index contributed by atoms with van der Waals surface area (Å²) in [5.41, 5.74) is 2.87. The van der Waals surface area contributed by atoms with Crippen LogP contribution in [0.1, 0.15) is 39.2 Å². The molecule has 38 heavy (non-hydrogen) atoms. The molecule has 0 atom stereocenters. The summed E-state index contributed by atoms with van der Waals surface area (Å²) in [6.45, 7) is 6.60. The van der Waals surface area contributed by atoms with Crippen molar-refractivity contribution in [2.24, 2.45) is 0 Å². The molecule has 196 valence electrons. The number of aromatic nitrogens is 1. The monoisotopic (exact) mass is 511 g/mol. The fraction of sp³-hybridized carbons (Fsp3) is 0.281. The zero-order valence-electron chi connectivity index (χ0n) is 22.1. The Balaban J connectivity index is 1.26. The number of furan rings is 1. The quantitative estimate of drug-likeness (QED) is 0.184. The van der Waals surface area contributed by atoms with Crippen molar-refractivity contribution in [3.8, 4) is 22.8 Å². The largest absolute Gasteiger partial charge is 0.493 e. The molecule has 0 spiro atoms. The lowest BCUT2D eigenvalue weighted by molar-refractivity contribution is -0.152. The average molecular weight is 512 g/mol. The number of rotatable bonds is 11. The van der Waals surface area contributed by atoms with Gasteiger partial charge < -0.3 is 23.6 Å². The molecule has 6 nitrogen and oxygen atoms in total. The third kappa shape index (κ3) is 5.12. The van der Waals surface area contributed by atoms with Crippen LogP contribution in [0.5, 0.6) is 11.5 Å². The molecule has 0 saturated heterocycles. The highest BCUT2D eigenvalue weighted by Gasteiger charge is 2.30. The normalized spacial score (nSPS) is 11.8. The summed E-state index contributed by atoms with van der Waals surface area (Å²) >= 11 is 0. The van der Waals surface area contributed by atoms with Crippen LogP contribution in [0.25, 0.3) is 33.2 Å². The summed E-state index contributed by atoms with van der Waals surface area (Å²) in [5, 5.41) is 11.4. The second-order valence-electron chi connectivity index (χ2n) is 10.0. The molecule has 5 aromatic rings. The van der Waals surface area contributed by atoms with Gasteiger partial charge in [0.15, 0.2) is 5.60 Å². The highest BCUT2D eigenvalue weighted by Crippen LogP contribution is 2.36. The van der Waals surface area contributed by atoms with E-state index in [9.17, 15) is 9.90 Å². The Labute approximate surface area is 222 Å². The first-order valence-corrected chi connectivity index (χ1v) is 13.1. The van der Waals surface area contributed by atoms with Gasteiger partial charge in [0.1, 0.15) is 22.8 Å². The Hall–Kier alpha value is -4.19. The van der Waals surface area contributed by atoms with Gasteiger partial charge in [-0.25, -0.2) is 4.79 Å². The molecule has 2 heterocycles. The molecule has 0 fully saturated rings. The number of hydrogen-bond acceptors (Lipinski definition) is 4. The highest BCUT2D eigenvalue weighted by molar-refractivity contribution is 5.89. The number of carboxylic acids is 1. The van der Waals surface area contributed by atoms with E-state index in [1.54, 1.807) is 19.9 Å². The van der Waals surface area contributed by atoms with Crippen molar-refractivity contribution in [3.05, 3.63) is 84.6 Å². The van der Waals surface area contributed by atoms with E-state index in [1.807, 2.05) is 54.7 Å². The Morgan fingerprint density at radius 1 is 1.00 bits per heavy atom. The number of ether oxygens (including phenoxy) is 2. The van der Waals surface area contributed by atoms with Crippen LogP contribution >= 0.6 is 0 Å². The van der Waals surface area contributed by atoms with E-state index in [0.717, 1.165) is 64.8 Å². The van der Waals surface area contributed by atoms with Gasteiger partial charge in [-0.05, 0) is 57.0 Å². The molecule has 5 rings (SSSR count). The minimum absolute atomic E-state index is 0.557. The average Bonchev–Trinajstić information content (AvgIpc) is 3.49. The van der Waals surface area contributed by atoms with Crippen LogP contribution in [0, 0.1) is 0 Å². The lowest BCUT2D eigenvalue weighted by Crippen LogP contribution is -2.37. The number of benzene rings is 3. The molecule has 3 aromatic carbocycles. The van der Waals surface area contributed by atoms with Gasteiger partial charge in [0.05, 0.1) is 12.1 Å². The molecule has 0 aliphatic rings. The van der Waals surface area contributed by atoms with Gasteiger partial charge in [-0.3, -0.25) is 0 Å². The van der Waals surface area contributed by atoms with Crippen molar-refractivity contribution in [1.29, 1.82) is 0 Å². The molecular weight excluding hydrogens is 478 g/mol. The molecule has 0 amide bonds. The van der Waals surface area contributed by atoms with E-state index in [-0.39, 0.29) is 0 Å². The zero-order chi connectivity index (χ0) is 26.7. The van der Waals surface area contributed by atoms with Gasteiger partial charge in [-0.2, -0.15) is 0 Å². The summed E-state index contributed by atoms with van der Waals surface area (Å²) in [7, 11) is 0. The van der Waals surface area contributed by atoms with E-state index in [0.29, 0.717) is 12.4 Å². The third-order valence-corrected chi connectivity index (χ3v) is 6.77. The number of carbonyl (C=O) groups is 1. The Bertz CT molecular complexity index is 1560. The maximum absolute atomic E-state index is 11.5. The van der Waals surface area contributed by atoms with Crippen LogP contribution in [-0.2, 0) is 17.8 Å². The lowest BCUT2D eigenvalue weighted by atomic mass is 10.0. The maximum Gasteiger partial charge on any atom is 0.347 e. The number of aryl methyl sites for hydroxylation is 2. The number of nitrogens with zero attached hydrogens (tertiary/aromatic N) is 1. The first-order valence-electron chi connectivity index (χ1n) is 13.1. The first kappa shape index (κ1) is 25.5. The lowest BCUT2D eigenvalue weighted by Gasteiger charge is -2.22. The van der Waals surface area contributed by atoms with Gasteiger partial charge in [-0.1, -0.05) is 49.7 Å². The van der Waals surface area contributed by atoms with Crippen molar-refractivity contribution in [3.63, 3.8) is 0 Å². The zero-order valence-corrected chi connectivity index (χ0v) is 22.1. The van der Waals surface area contributed by atoms with E-state index < -0.39 is 11.6 Å². The number of aliphatic carboxylic acids is 1. The van der Waals surface area contributed by atoms with Gasteiger partial charge in [-0.15, -0.1) is 0 Å². The standard InChI is InChI=1S/C32H33NO5/c1-4-10-25-24-16-15-23(21-29(24)37-30(25)22-11-6-5-7-12-22)36-20-9-18-33-19-17-26-27(33)13-8-14-28(26)38-32(2,3)31(34)35/h5-8,11-17,19,21H,4,9-10,18,20H2,1-3H3,(H,34,35). The van der Waals surface area contributed by atoms with E-state index >= 15 is 0 Å². The molecule has 0 radical (unpaired) electrons. The van der Waals surface area contributed by atoms with Crippen LogP contribution < -0.4 is 9.47 Å². The third-order valence-electron chi connectivity index (χ3n) is 6.77. The summed E-state index contributed by atoms with van der Waals surface area (Å²) in [6, 6.07) is 24.0. The van der Waals surface area contributed by atoms with E-state index in [4.69, 9.17) is 13.9 Å². The van der Waals surface area contributed by atoms with Crippen molar-refractivity contribution in [1.82, 2.24) is 4.57 Å². The van der Waals surface area contributed by atoms with Crippen molar-refractivity contribution in [2.75, 3.05) is 6.61 Å². The van der Waals surface area contributed by atoms with E-state index in [2.05, 4.69) is 29.7 Å². The molecular formula is C32H33NO5. The molecule has 2 aromatic heterocycles. The minimum Gasteiger partial charge on any atom is -0.493 e. The Kier molecular flexibility index (Phi) is 7.14. The molecule has 1 N–H and O–H groups in total. The van der Waals surface area contributed by atoms with Crippen LogP contribution in [0.2, 0.25) is 0 Å². The van der Waals surface area contributed by atoms with Gasteiger partial charge in [0.25, 0.3) is 0 Å². The fourth-order valence-corrected chi connectivity index (χ4v) is 4.76. The van der Waals surface area contributed by atoms with Crippen molar-refractivity contribution >= 4 is 27.8 Å². The second-order valence-corrected chi connectivity index (χ2v) is 10.0. The summed E-state index contributed by atoms with van der Waals surface area (Å²) in [6.07, 6.45) is 4.82. The Morgan fingerprint density at radius 3 is 2.58 bits per heavy atom. The van der Waals surface area contributed by atoms with Crippen LogP contribution in [0.15, 0.2) is 83.4 Å². The summed E-state index contributed by atoms with van der Waals surface area (Å²) in [5.74, 6) is 1.29. The van der Waals surface area contributed by atoms with Crippen molar-refractivity contribution < 1.29 is 23.8 Å². The topological polar surface area (TPSA) is 73.8 Å². The number of fused-ring (bicyclic) bond motifs is 2. The second kappa shape index (κ2) is 10.7. The van der Waals surface area contributed by atoms with Crippen molar-refractivity contribution in [2.45, 2.75) is 52.2 Å². The number of hydrogen-bond donors (Lipinski definition) is 1. The van der Waals surface area contributed by atoms with Crippen LogP contribution in [0.4, 0.5) is 0 Å². The maximum atomic E-state index is 11.5. The van der Waals surface area contributed by atoms with Crippen LogP contribution in [-0.4, -0.2) is 27.9 Å². The first-order chi connectivity index (χ1) is 18.4. The fourth-order valence-electron chi connectivity index (χ4n) is 4.76. The van der Waals surface area contributed by atoms with Gasteiger partial charge in [0.2, 0.25) is 0 Å². The predicted molar refractivity (Wildman–Crippen MR) is 150 cm³/mol. The molecule has 0 bridgehead atoms. The SMILES string of the molecule is CCCc1c(-c2ccccc2)oc2cc(OCCCn3ccc4c(OC(C)(C)C(=O)O)cccc43)ccc12. The predicted octanol–water partition coefficient (Wildman–Crippen LogP) is 7.72. The van der Waals surface area contributed by atoms with E-state index in [1.165, 1.54) is 5.56 Å². The van der Waals surface area contributed by atoms with Gasteiger partial charge >= 0.3 is 5.97 Å². The molecule has 0 saturated carbocycles. The van der Waals surface area contributed by atoms with Gasteiger partial charge in [0, 0.05) is 40.7 Å². The highest BCUT2D eigenvalue weighted by atomic mass is 16.5. The molecule has 0 unspecified atom stereocenters. The summed E-state index contributed by atoms with van der Waals surface area (Å²) < 4.78 is 20.4. The minimum atomic E-state index is -1.31. The smallest absolute Gasteiger partial charge is 0.347 e. The Morgan fingerprint density at radius 2 is 1.82 bits per heavy atom. The number of carboxylic acid groups (broad SMARTS) is 1. The summed E-state index contributed by atoms with van der Waals surface area (Å²) in [4.78, 5) is 11.5. The molecule has 6 heteroatoms. The molecule has 0 aliphatic carbocycles. The van der Waals surface area contributed by atoms with Crippen LogP contribution in [0.3, 0.4) is 0 Å².